The van der Waals surface area contributed by atoms with E-state index in [0.29, 0.717) is 6.54 Å². The van der Waals surface area contributed by atoms with Crippen LogP contribution in [0.3, 0.4) is 0 Å². The Morgan fingerprint density at radius 2 is 1.85 bits per heavy atom. The molecule has 0 aliphatic carbocycles. The number of rotatable bonds is 8. The van der Waals surface area contributed by atoms with E-state index < -0.39 is 0 Å². The summed E-state index contributed by atoms with van der Waals surface area (Å²) >= 11 is 0. The number of amides is 1. The molecule has 1 saturated heterocycles. The van der Waals surface area contributed by atoms with Gasteiger partial charge in [0, 0.05) is 26.2 Å². The third kappa shape index (κ3) is 4.43. The minimum atomic E-state index is 0.181. The van der Waals surface area contributed by atoms with Crippen LogP contribution in [-0.2, 0) is 22.6 Å². The summed E-state index contributed by atoms with van der Waals surface area (Å²) in [7, 11) is 0. The normalized spacial score (nSPS) is 15.5. The maximum Gasteiger partial charge on any atom is 0.242 e. The Morgan fingerprint density at radius 3 is 2.54 bits per heavy atom. The fourth-order valence-electron chi connectivity index (χ4n) is 3.52. The maximum atomic E-state index is 12.9. The van der Waals surface area contributed by atoms with Crippen LogP contribution in [0.4, 0.5) is 0 Å². The first-order valence-corrected chi connectivity index (χ1v) is 9.75. The van der Waals surface area contributed by atoms with Gasteiger partial charge in [-0.2, -0.15) is 0 Å². The van der Waals surface area contributed by atoms with Crippen LogP contribution in [0.5, 0.6) is 0 Å². The summed E-state index contributed by atoms with van der Waals surface area (Å²) in [5.41, 5.74) is 2.00. The molecular weight excluding hydrogens is 328 g/mol. The van der Waals surface area contributed by atoms with Crippen molar-refractivity contribution in [3.63, 3.8) is 0 Å². The lowest BCUT2D eigenvalue weighted by Crippen LogP contribution is -2.38. The van der Waals surface area contributed by atoms with Crippen LogP contribution in [0.25, 0.3) is 11.0 Å². The summed E-state index contributed by atoms with van der Waals surface area (Å²) < 4.78 is 7.55. The molecule has 142 valence electrons. The van der Waals surface area contributed by atoms with E-state index in [0.717, 1.165) is 75.6 Å². The van der Waals surface area contributed by atoms with E-state index in [1.54, 1.807) is 0 Å². The molecule has 0 unspecified atom stereocenters. The molecule has 0 spiro atoms. The molecule has 0 atom stereocenters. The molecule has 26 heavy (non-hydrogen) atoms. The minimum Gasteiger partial charge on any atom is -0.379 e. The van der Waals surface area contributed by atoms with E-state index in [1.807, 2.05) is 23.1 Å². The van der Waals surface area contributed by atoms with Gasteiger partial charge in [-0.1, -0.05) is 26.0 Å². The Bertz CT molecular complexity index is 716. The van der Waals surface area contributed by atoms with Crippen molar-refractivity contribution >= 4 is 16.9 Å². The van der Waals surface area contributed by atoms with Crippen molar-refractivity contribution in [2.24, 2.45) is 0 Å². The highest BCUT2D eigenvalue weighted by molar-refractivity contribution is 5.81. The van der Waals surface area contributed by atoms with Crippen molar-refractivity contribution in [3.05, 3.63) is 30.1 Å². The molecule has 3 rings (SSSR count). The first kappa shape index (κ1) is 18.9. The van der Waals surface area contributed by atoms with Gasteiger partial charge in [-0.25, -0.2) is 4.98 Å². The zero-order chi connectivity index (χ0) is 18.4. The third-order valence-corrected chi connectivity index (χ3v) is 4.84. The molecule has 1 aromatic heterocycles. The summed E-state index contributed by atoms with van der Waals surface area (Å²) in [5, 5.41) is 0. The van der Waals surface area contributed by atoms with Gasteiger partial charge in [0.15, 0.2) is 0 Å². The fraction of sp³-hybridized carbons (Fsp3) is 0.600. The lowest BCUT2D eigenvalue weighted by Gasteiger charge is -2.27. The highest BCUT2D eigenvalue weighted by atomic mass is 16.5. The van der Waals surface area contributed by atoms with Gasteiger partial charge in [0.05, 0.1) is 30.8 Å². The Hall–Kier alpha value is -1.92. The number of fused-ring (bicyclic) bond motifs is 1. The molecule has 1 amide bonds. The number of aromatic nitrogens is 2. The smallest absolute Gasteiger partial charge is 0.242 e. The van der Waals surface area contributed by atoms with Gasteiger partial charge in [-0.15, -0.1) is 0 Å². The second kappa shape index (κ2) is 9.14. The van der Waals surface area contributed by atoms with Gasteiger partial charge in [0.1, 0.15) is 12.4 Å². The van der Waals surface area contributed by atoms with Gasteiger partial charge in [-0.05, 0) is 25.0 Å². The SMILES string of the molecule is CCCN(CCC)C(=O)Cn1c(CN2CCOCC2)nc2ccccc21. The number of benzene rings is 1. The Balaban J connectivity index is 1.84. The van der Waals surface area contributed by atoms with Gasteiger partial charge in [-0.3, -0.25) is 9.69 Å². The topological polar surface area (TPSA) is 50.6 Å². The van der Waals surface area contributed by atoms with E-state index in [4.69, 9.17) is 9.72 Å². The molecular formula is C20H30N4O2. The Morgan fingerprint density at radius 1 is 1.15 bits per heavy atom. The van der Waals surface area contributed by atoms with Crippen LogP contribution >= 0.6 is 0 Å². The second-order valence-corrected chi connectivity index (χ2v) is 6.87. The first-order chi connectivity index (χ1) is 12.7. The van der Waals surface area contributed by atoms with Gasteiger partial charge < -0.3 is 14.2 Å². The molecule has 1 aliphatic rings. The quantitative estimate of drug-likeness (QED) is 0.728. The largest absolute Gasteiger partial charge is 0.379 e. The number of imidazole rings is 1. The monoisotopic (exact) mass is 358 g/mol. The number of carbonyl (C=O) groups excluding carboxylic acids is 1. The van der Waals surface area contributed by atoms with Crippen molar-refractivity contribution in [2.75, 3.05) is 39.4 Å². The Labute approximate surface area is 155 Å². The predicted octanol–water partition coefficient (Wildman–Crippen LogP) is 2.52. The average Bonchev–Trinajstić information content (AvgIpc) is 2.99. The molecule has 2 aromatic rings. The third-order valence-electron chi connectivity index (χ3n) is 4.84. The highest BCUT2D eigenvalue weighted by Gasteiger charge is 2.20. The van der Waals surface area contributed by atoms with Crippen molar-refractivity contribution in [1.82, 2.24) is 19.4 Å². The zero-order valence-electron chi connectivity index (χ0n) is 16.0. The molecule has 0 N–H and O–H groups in total. The van der Waals surface area contributed by atoms with Crippen LogP contribution in [-0.4, -0.2) is 64.7 Å². The molecule has 1 fully saturated rings. The highest BCUT2D eigenvalue weighted by Crippen LogP contribution is 2.18. The number of hydrogen-bond donors (Lipinski definition) is 0. The summed E-state index contributed by atoms with van der Waals surface area (Å²) in [6, 6.07) is 8.09. The van der Waals surface area contributed by atoms with Gasteiger partial charge in [0.25, 0.3) is 0 Å². The first-order valence-electron chi connectivity index (χ1n) is 9.75. The van der Waals surface area contributed by atoms with Crippen LogP contribution in [0.2, 0.25) is 0 Å². The van der Waals surface area contributed by atoms with Crippen LogP contribution < -0.4 is 0 Å². The number of carbonyl (C=O) groups is 1. The minimum absolute atomic E-state index is 0.181. The predicted molar refractivity (Wildman–Crippen MR) is 103 cm³/mol. The van der Waals surface area contributed by atoms with Crippen LogP contribution in [0, 0.1) is 0 Å². The van der Waals surface area contributed by atoms with E-state index in [-0.39, 0.29) is 5.91 Å². The Kier molecular flexibility index (Phi) is 6.63. The van der Waals surface area contributed by atoms with Crippen molar-refractivity contribution in [2.45, 2.75) is 39.8 Å². The van der Waals surface area contributed by atoms with Crippen LogP contribution in [0.15, 0.2) is 24.3 Å². The molecule has 0 saturated carbocycles. The molecule has 6 heteroatoms. The molecule has 1 aromatic carbocycles. The van der Waals surface area contributed by atoms with Crippen molar-refractivity contribution in [3.8, 4) is 0 Å². The number of ether oxygens (including phenoxy) is 1. The average molecular weight is 358 g/mol. The zero-order valence-corrected chi connectivity index (χ0v) is 16.0. The van der Waals surface area contributed by atoms with Gasteiger partial charge >= 0.3 is 0 Å². The molecule has 0 bridgehead atoms. The number of nitrogens with zero attached hydrogens (tertiary/aromatic N) is 4. The maximum absolute atomic E-state index is 12.9. The van der Waals surface area contributed by atoms with Gasteiger partial charge in [0.2, 0.25) is 5.91 Å². The lowest BCUT2D eigenvalue weighted by molar-refractivity contribution is -0.131. The summed E-state index contributed by atoms with van der Waals surface area (Å²) in [5.74, 6) is 1.15. The summed E-state index contributed by atoms with van der Waals surface area (Å²) in [6.07, 6.45) is 1.97. The fourth-order valence-corrected chi connectivity index (χ4v) is 3.52. The van der Waals surface area contributed by atoms with E-state index in [9.17, 15) is 4.79 Å². The number of hydrogen-bond acceptors (Lipinski definition) is 4. The summed E-state index contributed by atoms with van der Waals surface area (Å²) in [4.78, 5) is 22.1. The molecule has 6 nitrogen and oxygen atoms in total. The second-order valence-electron chi connectivity index (χ2n) is 6.87. The van der Waals surface area contributed by atoms with Crippen molar-refractivity contribution in [1.29, 1.82) is 0 Å². The molecule has 2 heterocycles. The lowest BCUT2D eigenvalue weighted by atomic mass is 10.3. The van der Waals surface area contributed by atoms with E-state index in [1.165, 1.54) is 0 Å². The number of morpholine rings is 1. The number of para-hydroxylation sites is 2. The standard InChI is InChI=1S/C20H30N4O2/c1-3-9-23(10-4-2)20(25)16-24-18-8-6-5-7-17(18)21-19(24)15-22-11-13-26-14-12-22/h5-8H,3-4,9-16H2,1-2H3. The molecule has 0 radical (unpaired) electrons. The van der Waals surface area contributed by atoms with Crippen molar-refractivity contribution < 1.29 is 9.53 Å². The van der Waals surface area contributed by atoms with E-state index >= 15 is 0 Å². The summed E-state index contributed by atoms with van der Waals surface area (Å²) in [6.45, 7) is 10.3. The molecule has 1 aliphatic heterocycles. The van der Waals surface area contributed by atoms with E-state index in [2.05, 4.69) is 29.4 Å². The van der Waals surface area contributed by atoms with Crippen LogP contribution in [0.1, 0.15) is 32.5 Å².